The Labute approximate surface area is 386 Å². The Morgan fingerprint density at radius 2 is 0.438 bits per heavy atom. The SMILES string of the molecule is CC(C)c1cccc(C(C)C)c1-c1ccc2c(-c3c(C(C)C)cccc3C(C)C)cc3c(-c4c(C(C)C)cccc4C(C)C)cc(-c4c(C(C)C)cccc4C(C)C)c4ccc1c2c43. The van der Waals surface area contributed by atoms with Gasteiger partial charge in [0.2, 0.25) is 0 Å². The minimum absolute atomic E-state index is 0.354. The second-order valence-corrected chi connectivity index (χ2v) is 21.5. The van der Waals surface area contributed by atoms with Crippen molar-refractivity contribution in [2.75, 3.05) is 0 Å². The van der Waals surface area contributed by atoms with Gasteiger partial charge in [-0.3, -0.25) is 0 Å². The number of benzene rings is 8. The summed E-state index contributed by atoms with van der Waals surface area (Å²) in [5.41, 5.74) is 22.5. The van der Waals surface area contributed by atoms with E-state index in [1.54, 1.807) is 0 Å². The minimum Gasteiger partial charge on any atom is -0.0617 e. The van der Waals surface area contributed by atoms with E-state index in [0.717, 1.165) is 0 Å². The predicted molar refractivity (Wildman–Crippen MR) is 285 cm³/mol. The summed E-state index contributed by atoms with van der Waals surface area (Å²) in [5.74, 6) is 2.95. The molecule has 0 saturated heterocycles. The molecule has 0 heteroatoms. The van der Waals surface area contributed by atoms with Gasteiger partial charge in [0.25, 0.3) is 0 Å². The van der Waals surface area contributed by atoms with Crippen molar-refractivity contribution in [3.05, 3.63) is 154 Å². The Bertz CT molecular complexity index is 2870. The van der Waals surface area contributed by atoms with Crippen molar-refractivity contribution in [2.24, 2.45) is 0 Å². The van der Waals surface area contributed by atoms with Crippen LogP contribution in [0.1, 0.15) is 203 Å². The monoisotopic (exact) mass is 843 g/mol. The molecule has 0 spiro atoms. The van der Waals surface area contributed by atoms with Crippen LogP contribution < -0.4 is 0 Å². The molecule has 0 amide bonds. The van der Waals surface area contributed by atoms with E-state index in [2.05, 4.69) is 220 Å². The first kappa shape index (κ1) is 45.4. The Morgan fingerprint density at radius 1 is 0.219 bits per heavy atom. The first-order chi connectivity index (χ1) is 30.4. The fraction of sp³-hybridized carbons (Fsp3) is 0.375. The maximum Gasteiger partial charge on any atom is -0.00137 e. The lowest BCUT2D eigenvalue weighted by Crippen LogP contribution is -2.05. The van der Waals surface area contributed by atoms with Crippen LogP contribution >= 0.6 is 0 Å². The third-order valence-corrected chi connectivity index (χ3v) is 14.5. The van der Waals surface area contributed by atoms with Gasteiger partial charge >= 0.3 is 0 Å². The van der Waals surface area contributed by atoms with E-state index < -0.39 is 0 Å². The first-order valence-electron chi connectivity index (χ1n) is 24.7. The number of rotatable bonds is 12. The second-order valence-electron chi connectivity index (χ2n) is 21.5. The summed E-state index contributed by atoms with van der Waals surface area (Å²) >= 11 is 0. The molecule has 0 nitrogen and oxygen atoms in total. The fourth-order valence-electron chi connectivity index (χ4n) is 11.3. The van der Waals surface area contributed by atoms with Gasteiger partial charge in [0.1, 0.15) is 0 Å². The van der Waals surface area contributed by atoms with Gasteiger partial charge in [0.15, 0.2) is 0 Å². The van der Waals surface area contributed by atoms with Crippen LogP contribution in [0.3, 0.4) is 0 Å². The third kappa shape index (κ3) is 7.57. The van der Waals surface area contributed by atoms with Gasteiger partial charge in [-0.25, -0.2) is 0 Å². The van der Waals surface area contributed by atoms with E-state index in [4.69, 9.17) is 0 Å². The molecule has 8 aromatic rings. The summed E-state index contributed by atoms with van der Waals surface area (Å²) < 4.78 is 0. The van der Waals surface area contributed by atoms with Crippen molar-refractivity contribution in [1.29, 1.82) is 0 Å². The molecule has 0 aliphatic heterocycles. The standard InChI is InChI=1S/C64H74/c1-35(2)43-21-17-22-44(36(3)4)59(43)51-29-31-53-56(61-47(39(9)10)25-19-26-48(61)40(11)12)34-58-57(62-49(41(13)14)27-20-28-50(62)42(15)16)33-55(54-32-30-52(51)63(53)64(54)58)60-45(37(5)6)23-18-24-46(60)38(7)8/h17-42H,1-16H3. The van der Waals surface area contributed by atoms with E-state index in [9.17, 15) is 0 Å². The van der Waals surface area contributed by atoms with Crippen LogP contribution in [0.4, 0.5) is 0 Å². The quantitative estimate of drug-likeness (QED) is 0.108. The van der Waals surface area contributed by atoms with Crippen molar-refractivity contribution >= 4 is 32.3 Å². The van der Waals surface area contributed by atoms with Gasteiger partial charge in [0, 0.05) is 0 Å². The first-order valence-corrected chi connectivity index (χ1v) is 24.7. The van der Waals surface area contributed by atoms with Crippen LogP contribution in [0, 0.1) is 0 Å². The summed E-state index contributed by atoms with van der Waals surface area (Å²) in [6, 6.07) is 43.7. The highest BCUT2D eigenvalue weighted by Crippen LogP contribution is 2.54. The van der Waals surface area contributed by atoms with Gasteiger partial charge in [-0.2, -0.15) is 0 Å². The summed E-state index contributed by atoms with van der Waals surface area (Å²) in [6.45, 7) is 38.0. The topological polar surface area (TPSA) is 0 Å². The average Bonchev–Trinajstić information content (AvgIpc) is 3.26. The van der Waals surface area contributed by atoms with Gasteiger partial charge in [-0.1, -0.05) is 208 Å². The van der Waals surface area contributed by atoms with Crippen molar-refractivity contribution in [3.8, 4) is 44.5 Å². The van der Waals surface area contributed by atoms with Crippen molar-refractivity contribution < 1.29 is 0 Å². The largest absolute Gasteiger partial charge is 0.0617 e. The molecule has 0 bridgehead atoms. The zero-order valence-electron chi connectivity index (χ0n) is 42.0. The Hall–Kier alpha value is -5.20. The van der Waals surface area contributed by atoms with E-state index in [1.165, 1.54) is 121 Å². The molecule has 0 unspecified atom stereocenters. The highest BCUT2D eigenvalue weighted by Gasteiger charge is 2.29. The van der Waals surface area contributed by atoms with Crippen molar-refractivity contribution in [2.45, 2.75) is 158 Å². The maximum atomic E-state index is 2.65. The van der Waals surface area contributed by atoms with Crippen LogP contribution in [0.15, 0.2) is 109 Å². The molecular formula is C64H74. The molecule has 0 saturated carbocycles. The number of hydrogen-bond acceptors (Lipinski definition) is 0. The van der Waals surface area contributed by atoms with Crippen LogP contribution in [0.25, 0.3) is 76.8 Å². The molecular weight excluding hydrogens is 769 g/mol. The summed E-state index contributed by atoms with van der Waals surface area (Å²) in [5, 5.41) is 8.21. The molecule has 0 atom stereocenters. The normalized spacial score (nSPS) is 12.6. The van der Waals surface area contributed by atoms with Gasteiger partial charge in [-0.05, 0) is 181 Å². The zero-order valence-corrected chi connectivity index (χ0v) is 42.0. The van der Waals surface area contributed by atoms with E-state index in [1.807, 2.05) is 0 Å². The summed E-state index contributed by atoms with van der Waals surface area (Å²) in [6.07, 6.45) is 0. The molecule has 0 heterocycles. The van der Waals surface area contributed by atoms with E-state index >= 15 is 0 Å². The molecule has 0 fully saturated rings. The maximum absolute atomic E-state index is 2.65. The van der Waals surface area contributed by atoms with Gasteiger partial charge < -0.3 is 0 Å². The second kappa shape index (κ2) is 17.6. The van der Waals surface area contributed by atoms with Crippen LogP contribution in [-0.2, 0) is 0 Å². The van der Waals surface area contributed by atoms with Crippen molar-refractivity contribution in [3.63, 3.8) is 0 Å². The summed E-state index contributed by atoms with van der Waals surface area (Å²) in [7, 11) is 0. The number of hydrogen-bond donors (Lipinski definition) is 0. The molecule has 64 heavy (non-hydrogen) atoms. The molecule has 330 valence electrons. The average molecular weight is 843 g/mol. The van der Waals surface area contributed by atoms with Gasteiger partial charge in [0.05, 0.1) is 0 Å². The zero-order chi connectivity index (χ0) is 46.0. The summed E-state index contributed by atoms with van der Waals surface area (Å²) in [4.78, 5) is 0. The van der Waals surface area contributed by atoms with Crippen LogP contribution in [-0.4, -0.2) is 0 Å². The lowest BCUT2D eigenvalue weighted by Gasteiger charge is -2.28. The van der Waals surface area contributed by atoms with E-state index in [-0.39, 0.29) is 0 Å². The predicted octanol–water partition coefficient (Wildman–Crippen LogP) is 20.2. The van der Waals surface area contributed by atoms with Crippen molar-refractivity contribution in [1.82, 2.24) is 0 Å². The molecule has 8 rings (SSSR count). The fourth-order valence-corrected chi connectivity index (χ4v) is 11.3. The molecule has 0 aliphatic rings. The third-order valence-electron chi connectivity index (χ3n) is 14.5. The minimum atomic E-state index is 0.354. The molecule has 8 aromatic carbocycles. The van der Waals surface area contributed by atoms with E-state index in [0.29, 0.717) is 47.3 Å². The molecule has 0 radical (unpaired) electrons. The Kier molecular flexibility index (Phi) is 12.5. The lowest BCUT2D eigenvalue weighted by atomic mass is 9.75. The van der Waals surface area contributed by atoms with Crippen LogP contribution in [0.2, 0.25) is 0 Å². The Balaban J connectivity index is 1.73. The smallest absolute Gasteiger partial charge is 0.00137 e. The Morgan fingerprint density at radius 3 is 0.734 bits per heavy atom. The lowest BCUT2D eigenvalue weighted by molar-refractivity contribution is 0.837. The van der Waals surface area contributed by atoms with Gasteiger partial charge in [-0.15, -0.1) is 0 Å². The van der Waals surface area contributed by atoms with Crippen LogP contribution in [0.5, 0.6) is 0 Å². The highest BCUT2D eigenvalue weighted by molar-refractivity contribution is 6.33. The molecule has 0 aromatic heterocycles. The highest BCUT2D eigenvalue weighted by atomic mass is 14.3. The molecule has 0 aliphatic carbocycles. The molecule has 0 N–H and O–H groups in total.